The summed E-state index contributed by atoms with van der Waals surface area (Å²) >= 11 is 0. The van der Waals surface area contributed by atoms with E-state index in [2.05, 4.69) is 5.32 Å². The highest BCUT2D eigenvalue weighted by atomic mass is 16.3. The topological polar surface area (TPSA) is 69.6 Å². The Balaban J connectivity index is 1.54. The third kappa shape index (κ3) is 5.32. The number of aliphatic hydroxyl groups is 1. The Bertz CT molecular complexity index is 621. The molecule has 5 heteroatoms. The van der Waals surface area contributed by atoms with Crippen molar-refractivity contribution in [3.8, 4) is 0 Å². The van der Waals surface area contributed by atoms with Gasteiger partial charge in [0, 0.05) is 37.2 Å². The number of likely N-dealkylation sites (tertiary alicyclic amines) is 1. The summed E-state index contributed by atoms with van der Waals surface area (Å²) in [5.74, 6) is 0.378. The molecule has 0 aromatic heterocycles. The van der Waals surface area contributed by atoms with Gasteiger partial charge < -0.3 is 15.3 Å². The molecule has 2 aliphatic rings. The molecule has 5 nitrogen and oxygen atoms in total. The van der Waals surface area contributed by atoms with Crippen LogP contribution in [-0.4, -0.2) is 41.0 Å². The predicted molar refractivity (Wildman–Crippen MR) is 105 cm³/mol. The maximum Gasteiger partial charge on any atom is 0.254 e. The molecule has 2 fully saturated rings. The molecule has 1 aromatic rings. The highest BCUT2D eigenvalue weighted by Gasteiger charge is 2.27. The molecule has 0 bridgehead atoms. The van der Waals surface area contributed by atoms with Crippen molar-refractivity contribution in [1.29, 1.82) is 0 Å². The molecule has 0 radical (unpaired) electrons. The van der Waals surface area contributed by atoms with Crippen molar-refractivity contribution < 1.29 is 14.7 Å². The fraction of sp³-hybridized carbons (Fsp3) is 0.636. The molecule has 27 heavy (non-hydrogen) atoms. The molecule has 0 spiro atoms. The number of carbonyl (C=O) groups excluding carboxylic acids is 2. The van der Waals surface area contributed by atoms with E-state index in [9.17, 15) is 14.7 Å². The molecule has 1 heterocycles. The zero-order chi connectivity index (χ0) is 19.1. The van der Waals surface area contributed by atoms with Crippen LogP contribution in [0, 0.1) is 5.92 Å². The maximum absolute atomic E-state index is 12.8. The molecule has 1 aromatic carbocycles. The third-order valence-electron chi connectivity index (χ3n) is 5.99. The fourth-order valence-corrected chi connectivity index (χ4v) is 4.35. The molecule has 148 valence electrons. The van der Waals surface area contributed by atoms with E-state index in [4.69, 9.17) is 0 Å². The van der Waals surface area contributed by atoms with Crippen molar-refractivity contribution in [1.82, 2.24) is 10.2 Å². The number of nitrogens with one attached hydrogen (secondary N) is 1. The normalized spacial score (nSPS) is 21.1. The summed E-state index contributed by atoms with van der Waals surface area (Å²) in [6, 6.07) is 7.72. The van der Waals surface area contributed by atoms with Crippen LogP contribution in [0.4, 0.5) is 0 Å². The molecule has 1 atom stereocenters. The number of aliphatic hydroxyl groups excluding tert-OH is 1. The van der Waals surface area contributed by atoms with Gasteiger partial charge in [-0.25, -0.2) is 0 Å². The average molecular weight is 373 g/mol. The monoisotopic (exact) mass is 372 g/mol. The summed E-state index contributed by atoms with van der Waals surface area (Å²) in [6.07, 6.45) is 9.33. The Morgan fingerprint density at radius 2 is 1.70 bits per heavy atom. The van der Waals surface area contributed by atoms with Crippen LogP contribution < -0.4 is 5.32 Å². The number of piperidine rings is 1. The molecule has 1 unspecified atom stereocenters. The summed E-state index contributed by atoms with van der Waals surface area (Å²) in [6.45, 7) is 1.40. The van der Waals surface area contributed by atoms with Gasteiger partial charge in [0.2, 0.25) is 5.91 Å². The van der Waals surface area contributed by atoms with Gasteiger partial charge >= 0.3 is 0 Å². The van der Waals surface area contributed by atoms with Gasteiger partial charge in [-0.15, -0.1) is 0 Å². The number of carbonyl (C=O) groups is 2. The van der Waals surface area contributed by atoms with Gasteiger partial charge in [0.25, 0.3) is 5.91 Å². The predicted octanol–water partition coefficient (Wildman–Crippen LogP) is 3.26. The number of amides is 2. The van der Waals surface area contributed by atoms with E-state index in [1.165, 1.54) is 6.42 Å². The summed E-state index contributed by atoms with van der Waals surface area (Å²) in [7, 11) is 0. The Kier molecular flexibility index (Phi) is 7.27. The Morgan fingerprint density at radius 1 is 1.00 bits per heavy atom. The highest BCUT2D eigenvalue weighted by Crippen LogP contribution is 2.24. The second-order valence-corrected chi connectivity index (χ2v) is 7.91. The largest absolute Gasteiger partial charge is 0.396 e. The SMILES string of the molecule is O=C(NCc1ccc(C(=O)N2CCCCC2CCO)cc1)C1CCCCC1. The van der Waals surface area contributed by atoms with Crippen molar-refractivity contribution in [2.75, 3.05) is 13.2 Å². The van der Waals surface area contributed by atoms with Gasteiger partial charge in [0.15, 0.2) is 0 Å². The number of benzene rings is 1. The van der Waals surface area contributed by atoms with E-state index >= 15 is 0 Å². The zero-order valence-electron chi connectivity index (χ0n) is 16.2. The summed E-state index contributed by atoms with van der Waals surface area (Å²) in [4.78, 5) is 27.0. The molecule has 1 saturated heterocycles. The second kappa shape index (κ2) is 9.88. The number of hydrogen-bond acceptors (Lipinski definition) is 3. The summed E-state index contributed by atoms with van der Waals surface area (Å²) in [5.41, 5.74) is 1.70. The van der Waals surface area contributed by atoms with Crippen molar-refractivity contribution in [3.63, 3.8) is 0 Å². The third-order valence-corrected chi connectivity index (χ3v) is 5.99. The molecule has 3 rings (SSSR count). The van der Waals surface area contributed by atoms with Gasteiger partial charge in [-0.3, -0.25) is 9.59 Å². The summed E-state index contributed by atoms with van der Waals surface area (Å²) < 4.78 is 0. The standard InChI is InChI=1S/C22H32N2O3/c25-15-13-20-8-4-5-14-24(20)22(27)19-11-9-17(10-12-19)16-23-21(26)18-6-2-1-3-7-18/h9-12,18,20,25H,1-8,13-16H2,(H,23,26). The van der Waals surface area contributed by atoms with E-state index in [-0.39, 0.29) is 30.4 Å². The minimum absolute atomic E-state index is 0.0472. The van der Waals surface area contributed by atoms with Crippen LogP contribution in [0.5, 0.6) is 0 Å². The van der Waals surface area contributed by atoms with Crippen LogP contribution in [0.1, 0.15) is 73.7 Å². The van der Waals surface area contributed by atoms with Crippen LogP contribution in [-0.2, 0) is 11.3 Å². The Labute approximate surface area is 162 Å². The van der Waals surface area contributed by atoms with Crippen molar-refractivity contribution >= 4 is 11.8 Å². The molecule has 2 amide bonds. The first-order chi connectivity index (χ1) is 13.2. The van der Waals surface area contributed by atoms with Crippen LogP contribution in [0.2, 0.25) is 0 Å². The molecule has 1 aliphatic heterocycles. The van der Waals surface area contributed by atoms with E-state index in [0.29, 0.717) is 18.5 Å². The van der Waals surface area contributed by atoms with Gasteiger partial charge in [-0.05, 0) is 56.2 Å². The maximum atomic E-state index is 12.8. The lowest BCUT2D eigenvalue weighted by Crippen LogP contribution is -2.44. The Morgan fingerprint density at radius 3 is 2.41 bits per heavy atom. The molecular weight excluding hydrogens is 340 g/mol. The minimum atomic E-state index is 0.0472. The van der Waals surface area contributed by atoms with E-state index in [1.807, 2.05) is 29.2 Å². The molecular formula is C22H32N2O3. The number of nitrogens with zero attached hydrogens (tertiary/aromatic N) is 1. The van der Waals surface area contributed by atoms with Crippen LogP contribution >= 0.6 is 0 Å². The van der Waals surface area contributed by atoms with Gasteiger partial charge in [-0.2, -0.15) is 0 Å². The first-order valence-corrected chi connectivity index (χ1v) is 10.5. The van der Waals surface area contributed by atoms with Gasteiger partial charge in [-0.1, -0.05) is 31.4 Å². The van der Waals surface area contributed by atoms with Crippen LogP contribution in [0.3, 0.4) is 0 Å². The van der Waals surface area contributed by atoms with Crippen molar-refractivity contribution in [2.24, 2.45) is 5.92 Å². The lowest BCUT2D eigenvalue weighted by atomic mass is 9.88. The summed E-state index contributed by atoms with van der Waals surface area (Å²) in [5, 5.41) is 12.3. The van der Waals surface area contributed by atoms with Crippen molar-refractivity contribution in [2.45, 2.75) is 70.4 Å². The molecule has 2 N–H and O–H groups in total. The molecule has 1 saturated carbocycles. The van der Waals surface area contributed by atoms with Crippen LogP contribution in [0.25, 0.3) is 0 Å². The van der Waals surface area contributed by atoms with Gasteiger partial charge in [0.1, 0.15) is 0 Å². The highest BCUT2D eigenvalue weighted by molar-refractivity contribution is 5.94. The second-order valence-electron chi connectivity index (χ2n) is 7.91. The van der Waals surface area contributed by atoms with Crippen LogP contribution in [0.15, 0.2) is 24.3 Å². The van der Waals surface area contributed by atoms with E-state index in [0.717, 1.165) is 57.1 Å². The first-order valence-electron chi connectivity index (χ1n) is 10.5. The first kappa shape index (κ1) is 19.9. The molecule has 1 aliphatic carbocycles. The lowest BCUT2D eigenvalue weighted by molar-refractivity contribution is -0.126. The minimum Gasteiger partial charge on any atom is -0.396 e. The average Bonchev–Trinajstić information content (AvgIpc) is 2.73. The quantitative estimate of drug-likeness (QED) is 0.805. The van der Waals surface area contributed by atoms with Crippen molar-refractivity contribution in [3.05, 3.63) is 35.4 Å². The fourth-order valence-electron chi connectivity index (χ4n) is 4.35. The van der Waals surface area contributed by atoms with E-state index in [1.54, 1.807) is 0 Å². The Hall–Kier alpha value is -1.88. The van der Waals surface area contributed by atoms with E-state index < -0.39 is 0 Å². The smallest absolute Gasteiger partial charge is 0.254 e. The number of rotatable bonds is 6. The zero-order valence-corrected chi connectivity index (χ0v) is 16.2. The lowest BCUT2D eigenvalue weighted by Gasteiger charge is -2.35. The van der Waals surface area contributed by atoms with Gasteiger partial charge in [0.05, 0.1) is 0 Å². The number of hydrogen-bond donors (Lipinski definition) is 2.